The van der Waals surface area contributed by atoms with Crippen LogP contribution in [0.25, 0.3) is 0 Å². The van der Waals surface area contributed by atoms with E-state index >= 15 is 0 Å². The van der Waals surface area contributed by atoms with Crippen LogP contribution in [0.4, 0.5) is 0 Å². The first-order chi connectivity index (χ1) is 5.21. The molecule has 12 heavy (non-hydrogen) atoms. The molecule has 0 aliphatic carbocycles. The van der Waals surface area contributed by atoms with E-state index in [9.17, 15) is 13.2 Å². The molecular weight excluding hydrogens is 182 g/mol. The highest BCUT2D eigenvalue weighted by Gasteiger charge is 2.01. The highest BCUT2D eigenvalue weighted by molar-refractivity contribution is 7.89. The second-order valence-electron chi connectivity index (χ2n) is 1.78. The van der Waals surface area contributed by atoms with Crippen molar-refractivity contribution in [2.24, 2.45) is 5.73 Å². The Morgan fingerprint density at radius 3 is 1.75 bits per heavy atom. The zero-order chi connectivity index (χ0) is 10.4. The number of carbonyl (C=O) groups excluding carboxylic acids is 1. The van der Waals surface area contributed by atoms with Gasteiger partial charge in [-0.2, -0.15) is 8.42 Å². The van der Waals surface area contributed by atoms with Crippen molar-refractivity contribution in [2.75, 3.05) is 0 Å². The third-order valence-electron chi connectivity index (χ3n) is 0.642. The van der Waals surface area contributed by atoms with Gasteiger partial charge in [0.25, 0.3) is 10.1 Å². The Morgan fingerprint density at radius 2 is 1.75 bits per heavy atom. The van der Waals surface area contributed by atoms with Gasteiger partial charge >= 0.3 is 0 Å². The minimum Gasteiger partial charge on any atom is -0.366 e. The van der Waals surface area contributed by atoms with Crippen LogP contribution in [0.1, 0.15) is 6.92 Å². The third-order valence-corrected chi connectivity index (χ3v) is 1.52. The maximum absolute atomic E-state index is 9.79. The Morgan fingerprint density at radius 1 is 1.58 bits per heavy atom. The average molecular weight is 193 g/mol. The number of carbonyl (C=O) groups is 1. The van der Waals surface area contributed by atoms with Gasteiger partial charge in [-0.1, -0.05) is 13.2 Å². The second-order valence-corrected chi connectivity index (χ2v) is 3.43. The number of rotatable bonds is 2. The van der Waals surface area contributed by atoms with Crippen LogP contribution in [0.2, 0.25) is 0 Å². The first-order valence-corrected chi connectivity index (χ1v) is 4.20. The summed E-state index contributed by atoms with van der Waals surface area (Å²) in [5.41, 5.74) is 4.53. The summed E-state index contributed by atoms with van der Waals surface area (Å²) < 4.78 is 27.5. The second kappa shape index (κ2) is 5.50. The van der Waals surface area contributed by atoms with Gasteiger partial charge in [-0.15, -0.1) is 0 Å². The van der Waals surface area contributed by atoms with Gasteiger partial charge in [-0.3, -0.25) is 9.35 Å². The lowest BCUT2D eigenvalue weighted by atomic mass is 10.6. The molecule has 1 amide bonds. The molecule has 0 unspecified atom stereocenters. The van der Waals surface area contributed by atoms with Crippen LogP contribution in [0, 0.1) is 0 Å². The van der Waals surface area contributed by atoms with Crippen LogP contribution >= 0.6 is 0 Å². The Balaban J connectivity index is 0. The van der Waals surface area contributed by atoms with E-state index in [1.807, 2.05) is 0 Å². The van der Waals surface area contributed by atoms with Crippen molar-refractivity contribution in [1.82, 2.24) is 0 Å². The Bertz CT molecular complexity index is 278. The topological polar surface area (TPSA) is 97.5 Å². The summed E-state index contributed by atoms with van der Waals surface area (Å²) >= 11 is 0. The van der Waals surface area contributed by atoms with Crippen molar-refractivity contribution in [2.45, 2.75) is 6.92 Å². The molecule has 0 heterocycles. The van der Waals surface area contributed by atoms with E-state index in [1.165, 1.54) is 6.92 Å². The fourth-order valence-corrected chi connectivity index (χ4v) is 0. The molecule has 0 atom stereocenters. The Labute approximate surface area is 71.3 Å². The van der Waals surface area contributed by atoms with Gasteiger partial charge in [0.15, 0.2) is 0 Å². The van der Waals surface area contributed by atoms with E-state index in [0.29, 0.717) is 0 Å². The number of hydrogen-bond acceptors (Lipinski definition) is 3. The highest BCUT2D eigenvalue weighted by atomic mass is 32.2. The number of hydrogen-bond donors (Lipinski definition) is 2. The molecule has 6 heteroatoms. The molecule has 0 aliphatic heterocycles. The maximum Gasteiger partial charge on any atom is 0.289 e. The largest absolute Gasteiger partial charge is 0.366 e. The smallest absolute Gasteiger partial charge is 0.289 e. The molecule has 0 aliphatic rings. The van der Waals surface area contributed by atoms with Gasteiger partial charge in [0.1, 0.15) is 0 Å². The molecule has 0 bridgehead atoms. The standard InChI is InChI=1S/C3H5NO.C3H6O3S/c1-2-3(4)5;1-3(2)7(4,5)6/h2H,1H2,(H2,4,5);1H2,2H3,(H,4,5,6). The van der Waals surface area contributed by atoms with Crippen LogP contribution < -0.4 is 5.73 Å². The van der Waals surface area contributed by atoms with Gasteiger partial charge in [-0.05, 0) is 13.0 Å². The lowest BCUT2D eigenvalue weighted by molar-refractivity contribution is -0.113. The molecule has 3 N–H and O–H groups in total. The van der Waals surface area contributed by atoms with Gasteiger partial charge in [0.2, 0.25) is 5.91 Å². The first-order valence-electron chi connectivity index (χ1n) is 2.76. The zero-order valence-corrected chi connectivity index (χ0v) is 7.47. The van der Waals surface area contributed by atoms with E-state index in [4.69, 9.17) is 4.55 Å². The van der Waals surface area contributed by atoms with Crippen molar-refractivity contribution in [3.63, 3.8) is 0 Å². The summed E-state index contributed by atoms with van der Waals surface area (Å²) in [7, 11) is -3.94. The van der Waals surface area contributed by atoms with Crippen LogP contribution in [0.5, 0.6) is 0 Å². The summed E-state index contributed by atoms with van der Waals surface area (Å²) in [6.45, 7) is 7.29. The van der Waals surface area contributed by atoms with Crippen molar-refractivity contribution >= 4 is 16.0 Å². The third kappa shape index (κ3) is 11.6. The van der Waals surface area contributed by atoms with Crippen molar-refractivity contribution in [1.29, 1.82) is 0 Å². The van der Waals surface area contributed by atoms with Crippen LogP contribution in [-0.4, -0.2) is 18.9 Å². The summed E-state index contributed by atoms with van der Waals surface area (Å²) in [5, 5.41) is 0. The minimum atomic E-state index is -3.94. The minimum absolute atomic E-state index is 0.229. The molecule has 0 saturated carbocycles. The zero-order valence-electron chi connectivity index (χ0n) is 6.65. The van der Waals surface area contributed by atoms with E-state index in [2.05, 4.69) is 18.9 Å². The molecule has 0 aromatic carbocycles. The molecular formula is C6H11NO4S. The summed E-state index contributed by atoms with van der Waals surface area (Å²) in [4.78, 5) is 9.24. The summed E-state index contributed by atoms with van der Waals surface area (Å²) in [6.07, 6.45) is 1.06. The maximum atomic E-state index is 9.79. The highest BCUT2D eigenvalue weighted by Crippen LogP contribution is 1.94. The van der Waals surface area contributed by atoms with Crippen molar-refractivity contribution < 1.29 is 17.8 Å². The Hall–Kier alpha value is -1.14. The van der Waals surface area contributed by atoms with Crippen LogP contribution in [0.3, 0.4) is 0 Å². The van der Waals surface area contributed by atoms with Gasteiger partial charge in [-0.25, -0.2) is 0 Å². The van der Waals surface area contributed by atoms with Crippen molar-refractivity contribution in [3.8, 4) is 0 Å². The number of allylic oxidation sites excluding steroid dienone is 1. The number of amides is 1. The summed E-state index contributed by atoms with van der Waals surface area (Å²) in [6, 6.07) is 0. The lowest BCUT2D eigenvalue weighted by Gasteiger charge is -1.86. The molecule has 0 aromatic heterocycles. The van der Waals surface area contributed by atoms with Gasteiger partial charge in [0.05, 0.1) is 4.91 Å². The normalized spacial score (nSPS) is 9.17. The predicted molar refractivity (Wildman–Crippen MR) is 45.8 cm³/mol. The lowest BCUT2D eigenvalue weighted by Crippen LogP contribution is -2.04. The molecule has 0 fully saturated rings. The van der Waals surface area contributed by atoms with Crippen molar-refractivity contribution in [3.05, 3.63) is 24.1 Å². The number of primary amides is 1. The summed E-state index contributed by atoms with van der Waals surface area (Å²) in [5.74, 6) is -0.481. The predicted octanol–water partition coefficient (Wildman–Crippen LogP) is 0.0655. The first kappa shape index (κ1) is 13.4. The fourth-order valence-electron chi connectivity index (χ4n) is 0. The molecule has 70 valence electrons. The van der Waals surface area contributed by atoms with E-state index in [0.717, 1.165) is 6.08 Å². The Kier molecular flexibility index (Phi) is 6.17. The van der Waals surface area contributed by atoms with E-state index < -0.39 is 16.0 Å². The van der Waals surface area contributed by atoms with Crippen LogP contribution in [0.15, 0.2) is 24.1 Å². The quantitative estimate of drug-likeness (QED) is 0.478. The molecule has 0 spiro atoms. The average Bonchev–Trinajstić information content (AvgIpc) is 1.87. The SMILES string of the molecule is C=C(C)S(=O)(=O)O.C=CC(N)=O. The monoisotopic (exact) mass is 193 g/mol. The number of nitrogens with two attached hydrogens (primary N) is 1. The fraction of sp³-hybridized carbons (Fsp3) is 0.167. The van der Waals surface area contributed by atoms with Gasteiger partial charge < -0.3 is 5.73 Å². The van der Waals surface area contributed by atoms with Gasteiger partial charge in [0, 0.05) is 0 Å². The van der Waals surface area contributed by atoms with Crippen LogP contribution in [-0.2, 0) is 14.9 Å². The molecule has 0 radical (unpaired) electrons. The molecule has 5 nitrogen and oxygen atoms in total. The van der Waals surface area contributed by atoms with E-state index in [1.54, 1.807) is 0 Å². The molecule has 0 aromatic rings. The van der Waals surface area contributed by atoms with E-state index in [-0.39, 0.29) is 4.91 Å². The molecule has 0 rings (SSSR count). The molecule has 0 saturated heterocycles.